The van der Waals surface area contributed by atoms with Crippen molar-refractivity contribution >= 4 is 5.97 Å². The average Bonchev–Trinajstić information content (AvgIpc) is 2.52. The van der Waals surface area contributed by atoms with Crippen LogP contribution in [0.4, 0.5) is 0 Å². The van der Waals surface area contributed by atoms with Crippen LogP contribution < -0.4 is 0 Å². The fraction of sp³-hybridized carbons (Fsp3) is 0.350. The molecular formula is C20H24O3. The second-order valence-corrected chi connectivity index (χ2v) is 6.84. The Kier molecular flexibility index (Phi) is 4.90. The minimum Gasteiger partial charge on any atom is -0.453 e. The van der Waals surface area contributed by atoms with Crippen molar-refractivity contribution < 1.29 is 14.6 Å². The number of ether oxygens (including phenoxy) is 1. The summed E-state index contributed by atoms with van der Waals surface area (Å²) in [7, 11) is 0. The van der Waals surface area contributed by atoms with Crippen LogP contribution >= 0.6 is 0 Å². The number of benzene rings is 2. The van der Waals surface area contributed by atoms with Crippen LogP contribution in [0.15, 0.2) is 60.7 Å². The van der Waals surface area contributed by atoms with Crippen LogP contribution in [0.25, 0.3) is 0 Å². The molecule has 122 valence electrons. The molecule has 0 saturated heterocycles. The van der Waals surface area contributed by atoms with Crippen molar-refractivity contribution in [3.8, 4) is 0 Å². The van der Waals surface area contributed by atoms with Gasteiger partial charge in [0.2, 0.25) is 0 Å². The summed E-state index contributed by atoms with van der Waals surface area (Å²) < 4.78 is 5.81. The molecule has 0 spiro atoms. The summed E-state index contributed by atoms with van der Waals surface area (Å²) in [6, 6.07) is 18.4. The SMILES string of the molecule is CC(C)(O)C(C)(C)C(OC(=O)c1ccccc1)c1ccccc1. The van der Waals surface area contributed by atoms with Gasteiger partial charge in [0.15, 0.2) is 0 Å². The molecule has 0 aromatic heterocycles. The van der Waals surface area contributed by atoms with E-state index in [1.165, 1.54) is 0 Å². The first-order valence-corrected chi connectivity index (χ1v) is 7.77. The largest absolute Gasteiger partial charge is 0.453 e. The molecule has 23 heavy (non-hydrogen) atoms. The summed E-state index contributed by atoms with van der Waals surface area (Å²) in [6.45, 7) is 7.28. The molecule has 0 bridgehead atoms. The predicted octanol–water partition coefficient (Wildman–Crippen LogP) is 4.38. The second kappa shape index (κ2) is 6.55. The van der Waals surface area contributed by atoms with Crippen LogP contribution in [0, 0.1) is 5.41 Å². The van der Waals surface area contributed by atoms with E-state index in [-0.39, 0.29) is 0 Å². The number of esters is 1. The highest BCUT2D eigenvalue weighted by molar-refractivity contribution is 5.89. The van der Waals surface area contributed by atoms with Crippen LogP contribution in [0.5, 0.6) is 0 Å². The molecule has 2 aromatic rings. The van der Waals surface area contributed by atoms with Gasteiger partial charge in [-0.25, -0.2) is 4.79 Å². The Hall–Kier alpha value is -2.13. The second-order valence-electron chi connectivity index (χ2n) is 6.84. The molecule has 3 nitrogen and oxygen atoms in total. The lowest BCUT2D eigenvalue weighted by Gasteiger charge is -2.43. The number of carbonyl (C=O) groups is 1. The number of aliphatic hydroxyl groups is 1. The first-order chi connectivity index (χ1) is 10.7. The van der Waals surface area contributed by atoms with E-state index in [0.29, 0.717) is 5.56 Å². The van der Waals surface area contributed by atoms with E-state index in [0.717, 1.165) is 5.56 Å². The summed E-state index contributed by atoms with van der Waals surface area (Å²) in [5.74, 6) is -0.392. The quantitative estimate of drug-likeness (QED) is 0.833. The topological polar surface area (TPSA) is 46.5 Å². The number of hydrogen-bond donors (Lipinski definition) is 1. The summed E-state index contributed by atoms with van der Waals surface area (Å²) in [5.41, 5.74) is -0.326. The van der Waals surface area contributed by atoms with Crippen molar-refractivity contribution in [2.75, 3.05) is 0 Å². The highest BCUT2D eigenvalue weighted by Gasteiger charge is 2.45. The van der Waals surface area contributed by atoms with Crippen molar-refractivity contribution in [1.82, 2.24) is 0 Å². The van der Waals surface area contributed by atoms with E-state index in [1.807, 2.05) is 50.2 Å². The van der Waals surface area contributed by atoms with Gasteiger partial charge < -0.3 is 9.84 Å². The zero-order chi connectivity index (χ0) is 17.1. The molecule has 0 amide bonds. The summed E-state index contributed by atoms with van der Waals surface area (Å²) >= 11 is 0. The molecule has 3 heteroatoms. The van der Waals surface area contributed by atoms with Gasteiger partial charge in [0.1, 0.15) is 6.10 Å². The molecule has 1 atom stereocenters. The molecule has 0 radical (unpaired) electrons. The molecule has 0 aliphatic rings. The highest BCUT2D eigenvalue weighted by Crippen LogP contribution is 2.44. The summed E-state index contributed by atoms with van der Waals surface area (Å²) in [4.78, 5) is 12.5. The number of rotatable bonds is 5. The number of hydrogen-bond acceptors (Lipinski definition) is 3. The van der Waals surface area contributed by atoms with E-state index >= 15 is 0 Å². The van der Waals surface area contributed by atoms with E-state index < -0.39 is 23.1 Å². The van der Waals surface area contributed by atoms with Crippen molar-refractivity contribution in [1.29, 1.82) is 0 Å². The molecule has 2 aromatic carbocycles. The fourth-order valence-corrected chi connectivity index (χ4v) is 2.33. The predicted molar refractivity (Wildman–Crippen MR) is 91.1 cm³/mol. The standard InChI is InChI=1S/C20H24O3/c1-19(2,20(3,4)22)17(15-11-7-5-8-12-15)23-18(21)16-13-9-6-10-14-16/h5-14,17,22H,1-4H3. The Morgan fingerprint density at radius 2 is 1.39 bits per heavy atom. The van der Waals surface area contributed by atoms with Crippen molar-refractivity contribution in [2.45, 2.75) is 39.4 Å². The maximum Gasteiger partial charge on any atom is 0.338 e. The molecule has 0 aliphatic carbocycles. The van der Waals surface area contributed by atoms with Crippen molar-refractivity contribution in [3.63, 3.8) is 0 Å². The van der Waals surface area contributed by atoms with Gasteiger partial charge in [-0.1, -0.05) is 62.4 Å². The molecule has 0 aliphatic heterocycles. The minimum atomic E-state index is -1.02. The Morgan fingerprint density at radius 1 is 0.913 bits per heavy atom. The van der Waals surface area contributed by atoms with Gasteiger partial charge in [-0.15, -0.1) is 0 Å². The smallest absolute Gasteiger partial charge is 0.338 e. The van der Waals surface area contributed by atoms with Gasteiger partial charge in [0, 0.05) is 5.41 Å². The van der Waals surface area contributed by atoms with Crippen LogP contribution in [-0.2, 0) is 4.74 Å². The molecule has 0 fully saturated rings. The first kappa shape index (κ1) is 17.2. The van der Waals surface area contributed by atoms with Crippen LogP contribution in [0.2, 0.25) is 0 Å². The van der Waals surface area contributed by atoms with Crippen LogP contribution in [0.3, 0.4) is 0 Å². The number of carbonyl (C=O) groups excluding carboxylic acids is 1. The van der Waals surface area contributed by atoms with Crippen molar-refractivity contribution in [3.05, 3.63) is 71.8 Å². The lowest BCUT2D eigenvalue weighted by molar-refractivity contribution is -0.111. The third-order valence-electron chi connectivity index (χ3n) is 4.57. The lowest BCUT2D eigenvalue weighted by Crippen LogP contribution is -2.44. The van der Waals surface area contributed by atoms with Gasteiger partial charge in [0.05, 0.1) is 11.2 Å². The van der Waals surface area contributed by atoms with Gasteiger partial charge in [-0.3, -0.25) is 0 Å². The minimum absolute atomic E-state index is 0.392. The molecule has 1 unspecified atom stereocenters. The van der Waals surface area contributed by atoms with Gasteiger partial charge in [0.25, 0.3) is 0 Å². The van der Waals surface area contributed by atoms with E-state index in [2.05, 4.69) is 0 Å². The molecule has 2 rings (SSSR count). The van der Waals surface area contributed by atoms with Crippen LogP contribution in [0.1, 0.15) is 49.7 Å². The normalized spacial score (nSPS) is 13.4. The summed E-state index contributed by atoms with van der Waals surface area (Å²) in [5, 5.41) is 10.6. The monoisotopic (exact) mass is 312 g/mol. The van der Waals surface area contributed by atoms with Gasteiger partial charge in [-0.05, 0) is 31.5 Å². The first-order valence-electron chi connectivity index (χ1n) is 7.77. The van der Waals surface area contributed by atoms with Crippen molar-refractivity contribution in [2.24, 2.45) is 5.41 Å². The molecule has 0 heterocycles. The molecule has 0 saturated carbocycles. The van der Waals surface area contributed by atoms with Crippen LogP contribution in [-0.4, -0.2) is 16.7 Å². The third kappa shape index (κ3) is 3.80. The Labute approximate surface area is 137 Å². The fourth-order valence-electron chi connectivity index (χ4n) is 2.33. The Bertz CT molecular complexity index is 640. The maximum absolute atomic E-state index is 12.5. The van der Waals surface area contributed by atoms with E-state index in [4.69, 9.17) is 4.74 Å². The molecular weight excluding hydrogens is 288 g/mol. The molecule has 1 N–H and O–H groups in total. The van der Waals surface area contributed by atoms with Gasteiger partial charge >= 0.3 is 5.97 Å². The Morgan fingerprint density at radius 3 is 1.87 bits per heavy atom. The zero-order valence-electron chi connectivity index (χ0n) is 14.1. The lowest BCUT2D eigenvalue weighted by atomic mass is 9.70. The zero-order valence-corrected chi connectivity index (χ0v) is 14.1. The maximum atomic E-state index is 12.5. The highest BCUT2D eigenvalue weighted by atomic mass is 16.5. The Balaban J connectivity index is 2.37. The van der Waals surface area contributed by atoms with Gasteiger partial charge in [-0.2, -0.15) is 0 Å². The summed E-state index contributed by atoms with van der Waals surface area (Å²) in [6.07, 6.45) is -0.559. The average molecular weight is 312 g/mol. The van der Waals surface area contributed by atoms with E-state index in [9.17, 15) is 9.90 Å². The van der Waals surface area contributed by atoms with E-state index in [1.54, 1.807) is 38.1 Å². The third-order valence-corrected chi connectivity index (χ3v) is 4.57.